The zero-order chi connectivity index (χ0) is 50.1. The van der Waals surface area contributed by atoms with Crippen molar-refractivity contribution in [1.29, 1.82) is 0 Å². The van der Waals surface area contributed by atoms with Gasteiger partial charge in [-0.3, -0.25) is 39.9 Å². The van der Waals surface area contributed by atoms with Gasteiger partial charge in [-0.1, -0.05) is 76.3 Å². The normalized spacial score (nSPS) is 10.5. The van der Waals surface area contributed by atoms with Gasteiger partial charge in [0.05, 0.1) is 26.2 Å². The van der Waals surface area contributed by atoms with Crippen LogP contribution >= 0.6 is 0 Å². The second-order valence-corrected chi connectivity index (χ2v) is 11.2. The molecule has 16 nitrogen and oxygen atoms in total. The molecule has 0 saturated heterocycles. The molecular formula is C48H72Br2Co2N8O8. The molecule has 0 bridgehead atoms. The van der Waals surface area contributed by atoms with Crippen LogP contribution in [0.2, 0.25) is 0 Å². The zero-order valence-electron chi connectivity index (χ0n) is 41.1. The average molecular weight is 1170 g/mol. The fourth-order valence-corrected chi connectivity index (χ4v) is 3.52. The fraction of sp³-hybridized carbons (Fsp3) is 0.333. The minimum absolute atomic E-state index is 0. The van der Waals surface area contributed by atoms with Crippen molar-refractivity contribution in [1.82, 2.24) is 19.9 Å². The average Bonchev–Trinajstić information content (AvgIpc) is 3.32. The molecule has 4 N–H and O–H groups in total. The Bertz CT molecular complexity index is 1400. The zero-order valence-corrected chi connectivity index (χ0v) is 46.4. The third-order valence-corrected chi connectivity index (χ3v) is 5.56. The smallest absolute Gasteiger partial charge is 1.00 e. The van der Waals surface area contributed by atoms with Gasteiger partial charge < -0.3 is 74.8 Å². The Balaban J connectivity index is -0.0000000743. The fourth-order valence-electron chi connectivity index (χ4n) is 3.52. The van der Waals surface area contributed by atoms with Gasteiger partial charge in [0.25, 0.3) is 0 Å². The van der Waals surface area contributed by atoms with E-state index in [9.17, 15) is 20.4 Å². The maximum Gasteiger partial charge on any atom is 3.00 e. The van der Waals surface area contributed by atoms with Crippen molar-refractivity contribution in [3.8, 4) is 0 Å². The number of allylic oxidation sites excluding steroid dienone is 8. The van der Waals surface area contributed by atoms with Crippen LogP contribution in [0.15, 0.2) is 190 Å². The molecule has 20 heteroatoms. The van der Waals surface area contributed by atoms with Crippen molar-refractivity contribution in [3.63, 3.8) is 0 Å². The molecule has 4 aromatic rings. The van der Waals surface area contributed by atoms with Crippen molar-refractivity contribution >= 4 is 22.8 Å². The topological polar surface area (TPSA) is 274 Å². The molecule has 0 amide bonds. The first-order chi connectivity index (χ1) is 30.8. The SMILES string of the molecule is CC(/C=C(/C)[O-])=NCCN=C(C)/C=C(/C)[O-].CC(/C=C(/C)[O-])=NCCN=C(C)/C=C(/C)[O-].CO.CO.CO.CO.[Br-].[Br-].[Co+3].[Co+3].c1ccncc1.c1ccncc1.c1ccncc1.c1ccncc1. The van der Waals surface area contributed by atoms with E-state index in [0.717, 1.165) is 28.4 Å². The molecular weight excluding hydrogens is 1090 g/mol. The summed E-state index contributed by atoms with van der Waals surface area (Å²) in [6, 6.07) is 22.9. The standard InChI is InChI=1S/2C12H20N2O2.4C5H5N.4CH4O.2BrH.2Co/c2*1-9(7-11(3)15)13-5-6-14-10(2)8-12(4)16;4*1-2-4-6-5-3-1;4*1-2;;;;/h2*7-8,15-16H,5-6H2,1-4H3;4*1-5H;4*2H,1H3;2*1H;;/q;;;;;;;;;;;;2*+3/p-6/b2*11-7-,12-8-,13-9?,14-10?;;;;;;;;;;;;. The molecule has 0 atom stereocenters. The Hall–Kier alpha value is -4.75. The molecule has 68 heavy (non-hydrogen) atoms. The number of hydrogen-bond acceptors (Lipinski definition) is 16. The number of aliphatic hydroxyl groups excluding tert-OH is 4. The van der Waals surface area contributed by atoms with Gasteiger partial charge in [-0.05, 0) is 76.2 Å². The van der Waals surface area contributed by atoms with Crippen molar-refractivity contribution in [2.24, 2.45) is 20.0 Å². The number of rotatable bonds is 10. The maximum atomic E-state index is 10.7. The Morgan fingerprint density at radius 3 is 0.529 bits per heavy atom. The summed E-state index contributed by atoms with van der Waals surface area (Å²) in [5.74, 6) is -0.0339. The summed E-state index contributed by atoms with van der Waals surface area (Å²) in [5.41, 5.74) is 2.82. The van der Waals surface area contributed by atoms with Gasteiger partial charge in [-0.15, -0.1) is 23.0 Å². The maximum absolute atomic E-state index is 10.7. The van der Waals surface area contributed by atoms with Crippen LogP contribution in [0.4, 0.5) is 0 Å². The summed E-state index contributed by atoms with van der Waals surface area (Å²) >= 11 is 0. The predicted molar refractivity (Wildman–Crippen MR) is 256 cm³/mol. The van der Waals surface area contributed by atoms with Gasteiger partial charge >= 0.3 is 33.6 Å². The minimum Gasteiger partial charge on any atom is -1.00 e. The van der Waals surface area contributed by atoms with Crippen LogP contribution in [0.5, 0.6) is 0 Å². The first-order valence-electron chi connectivity index (χ1n) is 19.5. The van der Waals surface area contributed by atoms with Crippen LogP contribution in [-0.2, 0) is 33.6 Å². The van der Waals surface area contributed by atoms with Gasteiger partial charge in [0, 0.05) is 101 Å². The predicted octanol–water partition coefficient (Wildman–Crippen LogP) is -2.36. The van der Waals surface area contributed by atoms with Crippen LogP contribution in [0, 0.1) is 0 Å². The molecule has 0 aliphatic rings. The Morgan fingerprint density at radius 1 is 0.324 bits per heavy atom. The van der Waals surface area contributed by atoms with E-state index in [0.29, 0.717) is 49.0 Å². The van der Waals surface area contributed by atoms with Gasteiger partial charge in [-0.2, -0.15) is 0 Å². The van der Waals surface area contributed by atoms with E-state index in [2.05, 4.69) is 39.9 Å². The van der Waals surface area contributed by atoms with Gasteiger partial charge in [0.1, 0.15) is 0 Å². The molecule has 0 saturated carbocycles. The number of hydrogen-bond donors (Lipinski definition) is 4. The molecule has 4 aromatic heterocycles. The van der Waals surface area contributed by atoms with E-state index in [-0.39, 0.29) is 90.6 Å². The van der Waals surface area contributed by atoms with Crippen molar-refractivity contribution in [2.75, 3.05) is 54.6 Å². The third kappa shape index (κ3) is 91.7. The van der Waals surface area contributed by atoms with E-state index >= 15 is 0 Å². The van der Waals surface area contributed by atoms with E-state index in [1.807, 2.05) is 72.8 Å². The molecule has 0 unspecified atom stereocenters. The van der Waals surface area contributed by atoms with Crippen molar-refractivity contribution in [3.05, 3.63) is 170 Å². The summed E-state index contributed by atoms with van der Waals surface area (Å²) in [7, 11) is 4.00. The van der Waals surface area contributed by atoms with Gasteiger partial charge in [-0.25, -0.2) is 0 Å². The molecule has 0 fully saturated rings. The number of aliphatic hydroxyl groups is 4. The quantitative estimate of drug-likeness (QED) is 0.0738. The number of pyridine rings is 4. The summed E-state index contributed by atoms with van der Waals surface area (Å²) < 4.78 is 0. The Morgan fingerprint density at radius 2 is 0.456 bits per heavy atom. The first kappa shape index (κ1) is 86.4. The van der Waals surface area contributed by atoms with E-state index in [4.69, 9.17) is 20.4 Å². The number of nitrogens with zero attached hydrogens (tertiary/aromatic N) is 8. The largest absolute Gasteiger partial charge is 3.00 e. The summed E-state index contributed by atoms with van der Waals surface area (Å²) in [4.78, 5) is 31.7. The van der Waals surface area contributed by atoms with Crippen molar-refractivity contribution < 1.29 is 108 Å². The van der Waals surface area contributed by atoms with E-state index in [1.54, 1.807) is 77.3 Å². The molecule has 4 heterocycles. The van der Waals surface area contributed by atoms with Gasteiger partial charge in [0.15, 0.2) is 0 Å². The molecule has 384 valence electrons. The molecule has 4 rings (SSSR count). The minimum atomic E-state index is -0.00848. The van der Waals surface area contributed by atoms with Crippen LogP contribution < -0.4 is 54.4 Å². The monoisotopic (exact) mass is 1160 g/mol. The number of aromatic nitrogens is 4. The molecule has 0 spiro atoms. The molecule has 0 aromatic carbocycles. The van der Waals surface area contributed by atoms with Crippen LogP contribution in [0.3, 0.4) is 0 Å². The summed E-state index contributed by atoms with van der Waals surface area (Å²) in [5, 5.41) is 70.8. The second-order valence-electron chi connectivity index (χ2n) is 11.2. The van der Waals surface area contributed by atoms with Crippen LogP contribution in [-0.4, -0.2) is 118 Å². The molecule has 0 aliphatic heterocycles. The van der Waals surface area contributed by atoms with Crippen LogP contribution in [0.1, 0.15) is 55.4 Å². The van der Waals surface area contributed by atoms with E-state index in [1.165, 1.54) is 52.0 Å². The van der Waals surface area contributed by atoms with Crippen LogP contribution in [0.25, 0.3) is 0 Å². The number of halogens is 2. The third-order valence-electron chi connectivity index (χ3n) is 5.56. The summed E-state index contributed by atoms with van der Waals surface area (Å²) in [6.07, 6.45) is 19.9. The van der Waals surface area contributed by atoms with E-state index < -0.39 is 0 Å². The first-order valence-corrected chi connectivity index (χ1v) is 19.5. The van der Waals surface area contributed by atoms with Crippen molar-refractivity contribution in [2.45, 2.75) is 55.4 Å². The molecule has 0 radical (unpaired) electrons. The Labute approximate surface area is 448 Å². The Kier molecular flexibility index (Phi) is 97.3. The second kappa shape index (κ2) is 76.5. The molecule has 0 aliphatic carbocycles. The number of aliphatic imine (C=N–C) groups is 4. The summed E-state index contributed by atoms with van der Waals surface area (Å²) in [6.45, 7) is 15.2. The van der Waals surface area contributed by atoms with Gasteiger partial charge in [0.2, 0.25) is 0 Å².